The van der Waals surface area contributed by atoms with Crippen LogP contribution in [0.15, 0.2) is 29.2 Å². The van der Waals surface area contributed by atoms with Gasteiger partial charge in [0.05, 0.1) is 6.33 Å². The predicted molar refractivity (Wildman–Crippen MR) is 67.3 cm³/mol. The molecule has 0 aliphatic heterocycles. The molecule has 92 valence electrons. The molecule has 0 saturated heterocycles. The molecule has 0 spiro atoms. The Morgan fingerprint density at radius 2 is 2.22 bits per heavy atom. The Balaban J connectivity index is 1.68. The van der Waals surface area contributed by atoms with E-state index in [4.69, 9.17) is 4.42 Å². The van der Waals surface area contributed by atoms with Crippen LogP contribution in [0.25, 0.3) is 11.2 Å². The molecule has 0 radical (unpaired) electrons. The highest BCUT2D eigenvalue weighted by molar-refractivity contribution is 5.81. The molecule has 0 aromatic carbocycles. The van der Waals surface area contributed by atoms with Gasteiger partial charge in [-0.2, -0.15) is 0 Å². The molecule has 0 atom stereocenters. The van der Waals surface area contributed by atoms with E-state index in [1.165, 1.54) is 6.33 Å². The Hall–Kier alpha value is -2.37. The molecule has 0 aliphatic carbocycles. The Kier molecular flexibility index (Phi) is 2.68. The van der Waals surface area contributed by atoms with Gasteiger partial charge in [0.15, 0.2) is 11.5 Å². The van der Waals surface area contributed by atoms with Crippen LogP contribution >= 0.6 is 0 Å². The molecule has 0 fully saturated rings. The lowest BCUT2D eigenvalue weighted by Gasteiger charge is -2.04. The van der Waals surface area contributed by atoms with E-state index < -0.39 is 0 Å². The van der Waals surface area contributed by atoms with Crippen LogP contribution in [0, 0.1) is 6.92 Å². The maximum Gasteiger partial charge on any atom is 0.182 e. The number of nitrogens with one attached hydrogen (secondary N) is 2. The van der Waals surface area contributed by atoms with E-state index in [2.05, 4.69) is 25.3 Å². The summed E-state index contributed by atoms with van der Waals surface area (Å²) in [5, 5.41) is 3.25. The second kappa shape index (κ2) is 4.48. The highest BCUT2D eigenvalue weighted by atomic mass is 16.3. The lowest BCUT2D eigenvalue weighted by molar-refractivity contribution is 0.486. The standard InChI is InChI=1S/C12H13N5O/c1-8-2-3-9(18-8)4-5-13-11-10-12(15-6-14-10)17-7-16-11/h2-3,6-7H,4-5H2,1H3,(H2,13,14,15,16,17). The summed E-state index contributed by atoms with van der Waals surface area (Å²) < 4.78 is 5.50. The zero-order chi connectivity index (χ0) is 12.4. The fourth-order valence-corrected chi connectivity index (χ4v) is 1.82. The third-order valence-electron chi connectivity index (χ3n) is 2.68. The van der Waals surface area contributed by atoms with E-state index in [-0.39, 0.29) is 0 Å². The minimum absolute atomic E-state index is 0.668. The number of aromatic nitrogens is 4. The second-order valence-corrected chi connectivity index (χ2v) is 4.01. The predicted octanol–water partition coefficient (Wildman–Crippen LogP) is 1.91. The van der Waals surface area contributed by atoms with E-state index in [1.54, 1.807) is 6.33 Å². The van der Waals surface area contributed by atoms with Crippen molar-refractivity contribution in [2.75, 3.05) is 11.9 Å². The Morgan fingerprint density at radius 1 is 1.28 bits per heavy atom. The Labute approximate surface area is 103 Å². The Bertz CT molecular complexity index is 657. The number of fused-ring (bicyclic) bond motifs is 1. The van der Waals surface area contributed by atoms with E-state index in [0.29, 0.717) is 5.65 Å². The number of nitrogens with zero attached hydrogens (tertiary/aromatic N) is 3. The van der Waals surface area contributed by atoms with Gasteiger partial charge < -0.3 is 14.7 Å². The van der Waals surface area contributed by atoms with Crippen molar-refractivity contribution in [1.82, 2.24) is 19.9 Å². The fourth-order valence-electron chi connectivity index (χ4n) is 1.82. The molecule has 3 rings (SSSR count). The first-order chi connectivity index (χ1) is 8.83. The van der Waals surface area contributed by atoms with Gasteiger partial charge in [-0.15, -0.1) is 0 Å². The highest BCUT2D eigenvalue weighted by Crippen LogP contribution is 2.14. The summed E-state index contributed by atoms with van der Waals surface area (Å²) in [6.45, 7) is 2.69. The quantitative estimate of drug-likeness (QED) is 0.731. The van der Waals surface area contributed by atoms with Gasteiger partial charge in [0.1, 0.15) is 23.4 Å². The molecule has 0 saturated carbocycles. The van der Waals surface area contributed by atoms with Crippen molar-refractivity contribution in [3.8, 4) is 0 Å². The summed E-state index contributed by atoms with van der Waals surface area (Å²) in [4.78, 5) is 15.4. The third kappa shape index (κ3) is 2.04. The molecule has 0 aliphatic rings. The number of aryl methyl sites for hydroxylation is 1. The van der Waals surface area contributed by atoms with Crippen molar-refractivity contribution in [2.24, 2.45) is 0 Å². The molecule has 3 aromatic heterocycles. The molecule has 0 amide bonds. The minimum atomic E-state index is 0.668. The summed E-state index contributed by atoms with van der Waals surface area (Å²) >= 11 is 0. The van der Waals surface area contributed by atoms with E-state index in [1.807, 2.05) is 19.1 Å². The van der Waals surface area contributed by atoms with Gasteiger partial charge in [0.2, 0.25) is 0 Å². The van der Waals surface area contributed by atoms with Crippen molar-refractivity contribution in [2.45, 2.75) is 13.3 Å². The number of furan rings is 1. The van der Waals surface area contributed by atoms with Crippen molar-refractivity contribution in [1.29, 1.82) is 0 Å². The summed E-state index contributed by atoms with van der Waals surface area (Å²) in [6.07, 6.45) is 3.93. The van der Waals surface area contributed by atoms with Crippen LogP contribution in [0.5, 0.6) is 0 Å². The molecule has 3 heterocycles. The molecular formula is C12H13N5O. The first-order valence-electron chi connectivity index (χ1n) is 5.76. The SMILES string of the molecule is Cc1ccc(CCNc2ncnc3nc[nH]c23)o1. The van der Waals surface area contributed by atoms with Gasteiger partial charge in [-0.05, 0) is 19.1 Å². The average Bonchev–Trinajstić information content (AvgIpc) is 2.98. The summed E-state index contributed by atoms with van der Waals surface area (Å²) in [6, 6.07) is 3.95. The first-order valence-corrected chi connectivity index (χ1v) is 5.76. The summed E-state index contributed by atoms with van der Waals surface area (Å²) in [5.74, 6) is 2.67. The lowest BCUT2D eigenvalue weighted by Crippen LogP contribution is -2.06. The highest BCUT2D eigenvalue weighted by Gasteiger charge is 2.05. The van der Waals surface area contributed by atoms with Gasteiger partial charge in [-0.1, -0.05) is 0 Å². The van der Waals surface area contributed by atoms with E-state index >= 15 is 0 Å². The molecule has 0 bridgehead atoms. The maximum absolute atomic E-state index is 5.50. The van der Waals surface area contributed by atoms with Crippen LogP contribution < -0.4 is 5.32 Å². The van der Waals surface area contributed by atoms with Gasteiger partial charge in [0.25, 0.3) is 0 Å². The second-order valence-electron chi connectivity index (χ2n) is 4.01. The monoisotopic (exact) mass is 243 g/mol. The van der Waals surface area contributed by atoms with Crippen molar-refractivity contribution in [3.05, 3.63) is 36.3 Å². The third-order valence-corrected chi connectivity index (χ3v) is 2.68. The number of H-pyrrole nitrogens is 1. The number of hydrogen-bond acceptors (Lipinski definition) is 5. The lowest BCUT2D eigenvalue weighted by atomic mass is 10.3. The normalized spacial score (nSPS) is 10.9. The van der Waals surface area contributed by atoms with Crippen molar-refractivity contribution in [3.63, 3.8) is 0 Å². The smallest absolute Gasteiger partial charge is 0.182 e. The number of aromatic amines is 1. The average molecular weight is 243 g/mol. The van der Waals surface area contributed by atoms with Crippen LogP contribution in [0.1, 0.15) is 11.5 Å². The summed E-state index contributed by atoms with van der Waals surface area (Å²) in [5.41, 5.74) is 1.49. The summed E-state index contributed by atoms with van der Waals surface area (Å²) in [7, 11) is 0. The molecule has 2 N–H and O–H groups in total. The van der Waals surface area contributed by atoms with Crippen LogP contribution in [0.4, 0.5) is 5.82 Å². The van der Waals surface area contributed by atoms with Crippen molar-refractivity contribution >= 4 is 17.0 Å². The van der Waals surface area contributed by atoms with Crippen LogP contribution in [-0.2, 0) is 6.42 Å². The number of hydrogen-bond donors (Lipinski definition) is 2. The molecule has 18 heavy (non-hydrogen) atoms. The number of anilines is 1. The first kappa shape index (κ1) is 10.8. The fraction of sp³-hybridized carbons (Fsp3) is 0.250. The molecule has 3 aromatic rings. The zero-order valence-electron chi connectivity index (χ0n) is 9.97. The molecule has 0 unspecified atom stereocenters. The maximum atomic E-state index is 5.50. The molecular weight excluding hydrogens is 230 g/mol. The van der Waals surface area contributed by atoms with Gasteiger partial charge in [0, 0.05) is 13.0 Å². The minimum Gasteiger partial charge on any atom is -0.466 e. The molecule has 6 nitrogen and oxygen atoms in total. The van der Waals surface area contributed by atoms with Crippen LogP contribution in [-0.4, -0.2) is 26.5 Å². The van der Waals surface area contributed by atoms with Gasteiger partial charge >= 0.3 is 0 Å². The van der Waals surface area contributed by atoms with Gasteiger partial charge in [-0.3, -0.25) is 0 Å². The largest absolute Gasteiger partial charge is 0.466 e. The van der Waals surface area contributed by atoms with Gasteiger partial charge in [-0.25, -0.2) is 15.0 Å². The van der Waals surface area contributed by atoms with E-state index in [9.17, 15) is 0 Å². The van der Waals surface area contributed by atoms with Crippen molar-refractivity contribution < 1.29 is 4.42 Å². The topological polar surface area (TPSA) is 79.6 Å². The Morgan fingerprint density at radius 3 is 3.06 bits per heavy atom. The number of imidazole rings is 1. The van der Waals surface area contributed by atoms with E-state index in [0.717, 1.165) is 35.8 Å². The zero-order valence-corrected chi connectivity index (χ0v) is 9.97. The van der Waals surface area contributed by atoms with Crippen LogP contribution in [0.3, 0.4) is 0 Å². The molecule has 6 heteroatoms. The van der Waals surface area contributed by atoms with Crippen LogP contribution in [0.2, 0.25) is 0 Å². The number of rotatable bonds is 4.